The van der Waals surface area contributed by atoms with Crippen LogP contribution in [0.1, 0.15) is 54.5 Å². The van der Waals surface area contributed by atoms with Gasteiger partial charge in [0.05, 0.1) is 37.6 Å². The monoisotopic (exact) mass is 680 g/mol. The molecule has 47 heavy (non-hydrogen) atoms. The first-order chi connectivity index (χ1) is 22.2. The van der Waals surface area contributed by atoms with E-state index in [0.717, 1.165) is 6.42 Å². The van der Waals surface area contributed by atoms with Crippen molar-refractivity contribution in [3.05, 3.63) is 93.8 Å². The molecule has 0 aromatic heterocycles. The quantitative estimate of drug-likeness (QED) is 0.116. The van der Waals surface area contributed by atoms with E-state index in [1.54, 1.807) is 6.07 Å². The molecule has 5 nitrogen and oxygen atoms in total. The van der Waals surface area contributed by atoms with Crippen molar-refractivity contribution < 1.29 is 67.6 Å². The molecular weight excluding hydrogens is 654 g/mol. The van der Waals surface area contributed by atoms with E-state index in [0.29, 0.717) is 57.0 Å². The predicted molar refractivity (Wildman–Crippen MR) is 145 cm³/mol. The van der Waals surface area contributed by atoms with Crippen LogP contribution in [0.25, 0.3) is 0 Å². The van der Waals surface area contributed by atoms with Gasteiger partial charge in [0.25, 0.3) is 0 Å². The Morgan fingerprint density at radius 3 is 2.02 bits per heavy atom. The van der Waals surface area contributed by atoms with E-state index < -0.39 is 70.3 Å². The highest BCUT2D eigenvalue weighted by molar-refractivity contribution is 5.46. The highest BCUT2D eigenvalue weighted by Gasteiger charge is 2.42. The van der Waals surface area contributed by atoms with Crippen LogP contribution in [-0.2, 0) is 20.3 Å². The number of halogens is 10. The van der Waals surface area contributed by atoms with Crippen molar-refractivity contribution in [3.63, 3.8) is 0 Å². The van der Waals surface area contributed by atoms with Crippen LogP contribution < -0.4 is 9.47 Å². The Hall–Kier alpha value is -4.00. The minimum Gasteiger partial charge on any atom is -0.429 e. The Morgan fingerprint density at radius 2 is 1.45 bits per heavy atom. The lowest BCUT2D eigenvalue weighted by Crippen LogP contribution is -2.28. The Bertz CT molecular complexity index is 1560. The van der Waals surface area contributed by atoms with Crippen LogP contribution in [0, 0.1) is 40.9 Å². The summed E-state index contributed by atoms with van der Waals surface area (Å²) >= 11 is 0. The summed E-state index contributed by atoms with van der Waals surface area (Å²) in [6.45, 7) is 3.85. The van der Waals surface area contributed by atoms with Gasteiger partial charge in [-0.25, -0.2) is 22.0 Å². The third kappa shape index (κ3) is 9.75. The molecule has 254 valence electrons. The molecule has 1 fully saturated rings. The van der Waals surface area contributed by atoms with Crippen LogP contribution >= 0.6 is 0 Å². The second-order valence-electron chi connectivity index (χ2n) is 10.2. The van der Waals surface area contributed by atoms with Gasteiger partial charge in [0.15, 0.2) is 11.6 Å². The number of rotatable bonds is 11. The molecule has 0 spiro atoms. The zero-order valence-corrected chi connectivity index (χ0v) is 24.5. The first-order valence-electron chi connectivity index (χ1n) is 14.1. The maximum atomic E-state index is 14.8. The van der Waals surface area contributed by atoms with Crippen molar-refractivity contribution in [2.24, 2.45) is 0 Å². The van der Waals surface area contributed by atoms with E-state index in [-0.39, 0.29) is 23.8 Å². The molecule has 4 rings (SSSR count). The summed E-state index contributed by atoms with van der Waals surface area (Å²) in [5.74, 6) is -7.42. The topological polar surface area (TPSA) is 46.2 Å². The van der Waals surface area contributed by atoms with Crippen LogP contribution in [0.15, 0.2) is 42.5 Å². The van der Waals surface area contributed by atoms with Gasteiger partial charge < -0.3 is 23.7 Å². The minimum atomic E-state index is -5.51. The number of alkyl halides is 5. The van der Waals surface area contributed by atoms with E-state index in [9.17, 15) is 43.9 Å². The largest absolute Gasteiger partial charge is 0.573 e. The van der Waals surface area contributed by atoms with Gasteiger partial charge in [-0.05, 0) is 49.1 Å². The Kier molecular flexibility index (Phi) is 11.6. The normalized spacial score (nSPS) is 16.8. The molecule has 0 N–H and O–H groups in total. The first-order valence-corrected chi connectivity index (χ1v) is 14.1. The zero-order valence-electron chi connectivity index (χ0n) is 24.5. The smallest absolute Gasteiger partial charge is 0.429 e. The summed E-state index contributed by atoms with van der Waals surface area (Å²) < 4.78 is 162. The molecule has 2 unspecified atom stereocenters. The summed E-state index contributed by atoms with van der Waals surface area (Å²) in [5.41, 5.74) is -2.10. The molecule has 0 aliphatic carbocycles. The van der Waals surface area contributed by atoms with Gasteiger partial charge >= 0.3 is 12.5 Å². The maximum absolute atomic E-state index is 14.8. The van der Waals surface area contributed by atoms with Crippen LogP contribution in [0.5, 0.6) is 11.5 Å². The first kappa shape index (κ1) is 35.8. The van der Waals surface area contributed by atoms with Gasteiger partial charge in [-0.3, -0.25) is 0 Å². The van der Waals surface area contributed by atoms with E-state index in [1.165, 1.54) is 12.1 Å². The van der Waals surface area contributed by atoms with Crippen LogP contribution in [0.2, 0.25) is 0 Å². The molecule has 0 amide bonds. The van der Waals surface area contributed by atoms with Gasteiger partial charge in [-0.2, -0.15) is 8.78 Å². The minimum absolute atomic E-state index is 0.0919. The number of benzene rings is 3. The highest BCUT2D eigenvalue weighted by Crippen LogP contribution is 2.38. The SMILES string of the molecule is CCCOCCOC1CCC(c2ccc(C#Cc3cc(F)c(C(F)(F)Oc4cc(F)c(OC(F)(F)F)c(F)c4)c(F)c3)c(F)c2)OC1. The molecule has 1 aliphatic heterocycles. The zero-order chi connectivity index (χ0) is 34.4. The van der Waals surface area contributed by atoms with Gasteiger partial charge in [0, 0.05) is 24.3 Å². The molecule has 3 aromatic rings. The summed E-state index contributed by atoms with van der Waals surface area (Å²) in [6, 6.07) is 4.68. The number of ether oxygens (including phenoxy) is 5. The predicted octanol–water partition coefficient (Wildman–Crippen LogP) is 8.47. The van der Waals surface area contributed by atoms with Crippen molar-refractivity contribution in [1.82, 2.24) is 0 Å². The molecule has 0 radical (unpaired) electrons. The molecule has 2 atom stereocenters. The number of hydrogen-bond acceptors (Lipinski definition) is 5. The van der Waals surface area contributed by atoms with Crippen LogP contribution in [0.4, 0.5) is 43.9 Å². The van der Waals surface area contributed by atoms with E-state index in [2.05, 4.69) is 21.3 Å². The van der Waals surface area contributed by atoms with E-state index in [4.69, 9.17) is 14.2 Å². The maximum Gasteiger partial charge on any atom is 0.573 e. The molecule has 1 saturated heterocycles. The van der Waals surface area contributed by atoms with E-state index in [1.807, 2.05) is 6.92 Å². The van der Waals surface area contributed by atoms with Crippen molar-refractivity contribution in [2.45, 2.75) is 50.9 Å². The lowest BCUT2D eigenvalue weighted by Gasteiger charge is -2.29. The standard InChI is InChI=1S/C32H26F10O5/c1-2-9-43-10-11-44-21-7-8-28(45-17-21)20-6-5-19(23(33)14-20)4-3-18-12-24(34)29(25(35)13-18)31(38,39)46-22-15-26(36)30(27(37)16-22)47-32(40,41)42/h5-6,12-16,21,28H,2,7-11,17H2,1H3. The lowest BCUT2D eigenvalue weighted by atomic mass is 9.98. The second-order valence-corrected chi connectivity index (χ2v) is 10.2. The summed E-state index contributed by atoms with van der Waals surface area (Å²) in [4.78, 5) is 0. The van der Waals surface area contributed by atoms with Gasteiger partial charge in [0.1, 0.15) is 28.8 Å². The summed E-state index contributed by atoms with van der Waals surface area (Å²) in [5, 5.41) is 0. The van der Waals surface area contributed by atoms with Gasteiger partial charge in [-0.1, -0.05) is 24.8 Å². The highest BCUT2D eigenvalue weighted by atomic mass is 19.4. The average Bonchev–Trinajstić information content (AvgIpc) is 2.97. The Balaban J connectivity index is 1.42. The third-order valence-electron chi connectivity index (χ3n) is 6.64. The van der Waals surface area contributed by atoms with Crippen molar-refractivity contribution in [2.75, 3.05) is 26.4 Å². The fourth-order valence-corrected chi connectivity index (χ4v) is 4.55. The van der Waals surface area contributed by atoms with Crippen LogP contribution in [0.3, 0.4) is 0 Å². The summed E-state index contributed by atoms with van der Waals surface area (Å²) in [7, 11) is 0. The van der Waals surface area contributed by atoms with Gasteiger partial charge in [-0.15, -0.1) is 13.2 Å². The van der Waals surface area contributed by atoms with E-state index >= 15 is 0 Å². The third-order valence-corrected chi connectivity index (χ3v) is 6.64. The average molecular weight is 681 g/mol. The fraction of sp³-hybridized carbons (Fsp3) is 0.375. The molecule has 1 aliphatic rings. The van der Waals surface area contributed by atoms with Crippen molar-refractivity contribution >= 4 is 0 Å². The molecular formula is C32H26F10O5. The van der Waals surface area contributed by atoms with Crippen molar-refractivity contribution in [1.29, 1.82) is 0 Å². The van der Waals surface area contributed by atoms with Gasteiger partial charge in [0.2, 0.25) is 5.75 Å². The fourth-order valence-electron chi connectivity index (χ4n) is 4.55. The molecule has 1 heterocycles. The van der Waals surface area contributed by atoms with Crippen LogP contribution in [-0.4, -0.2) is 38.9 Å². The molecule has 3 aromatic carbocycles. The Labute approximate surface area is 262 Å². The molecule has 0 bridgehead atoms. The summed E-state index contributed by atoms with van der Waals surface area (Å²) in [6.07, 6.45) is -8.78. The second kappa shape index (κ2) is 15.3. The number of hydrogen-bond donors (Lipinski definition) is 0. The lowest BCUT2D eigenvalue weighted by molar-refractivity contribution is -0.276. The molecule has 15 heteroatoms. The molecule has 0 saturated carbocycles. The Morgan fingerprint density at radius 1 is 0.766 bits per heavy atom. The van der Waals surface area contributed by atoms with Crippen molar-refractivity contribution in [3.8, 4) is 23.3 Å².